The van der Waals surface area contributed by atoms with Crippen LogP contribution in [0.1, 0.15) is 35.2 Å². The van der Waals surface area contributed by atoms with Crippen LogP contribution < -0.4 is 14.2 Å². The van der Waals surface area contributed by atoms with E-state index in [0.29, 0.717) is 18.9 Å². The lowest BCUT2D eigenvalue weighted by Crippen LogP contribution is -2.46. The van der Waals surface area contributed by atoms with Crippen LogP contribution in [-0.4, -0.2) is 73.1 Å². The van der Waals surface area contributed by atoms with E-state index < -0.39 is 53.4 Å². The Morgan fingerprint density at radius 1 is 0.654 bits per heavy atom. The smallest absolute Gasteiger partial charge is 0.465 e. The van der Waals surface area contributed by atoms with Gasteiger partial charge in [0.15, 0.2) is 5.78 Å². The summed E-state index contributed by atoms with van der Waals surface area (Å²) in [5, 5.41) is 0.134. The zero-order chi connectivity index (χ0) is 38.1. The highest BCUT2D eigenvalue weighted by atomic mass is 32.1. The molecule has 0 saturated carbocycles. The number of likely N-dealkylation sites (tertiary alicyclic amines) is 1. The number of piperidine rings is 1. The van der Waals surface area contributed by atoms with Crippen LogP contribution in [0.2, 0.25) is 0 Å². The van der Waals surface area contributed by atoms with Gasteiger partial charge >= 0.3 is 36.1 Å². The van der Waals surface area contributed by atoms with E-state index in [0.717, 1.165) is 79.7 Å². The van der Waals surface area contributed by atoms with Gasteiger partial charge in [0.25, 0.3) is 0 Å². The van der Waals surface area contributed by atoms with Crippen molar-refractivity contribution >= 4 is 39.1 Å². The van der Waals surface area contributed by atoms with Crippen molar-refractivity contribution in [3.63, 3.8) is 0 Å². The van der Waals surface area contributed by atoms with Gasteiger partial charge in [-0.1, -0.05) is 6.42 Å². The van der Waals surface area contributed by atoms with Crippen LogP contribution in [0.5, 0.6) is 17.2 Å². The molecule has 0 spiro atoms. The summed E-state index contributed by atoms with van der Waals surface area (Å²) in [4.78, 5) is 39.6. The van der Waals surface area contributed by atoms with Crippen LogP contribution in [0.25, 0.3) is 20.5 Å². The highest BCUT2D eigenvalue weighted by molar-refractivity contribution is 7.22. The molecule has 0 N–H and O–H groups in total. The average molecular weight is 766 g/mol. The molecule has 0 unspecified atom stereocenters. The Kier molecular flexibility index (Phi) is 10.9. The van der Waals surface area contributed by atoms with Crippen molar-refractivity contribution < 1.29 is 72.5 Å². The van der Waals surface area contributed by atoms with Gasteiger partial charge in [-0.3, -0.25) is 9.69 Å². The maximum Gasteiger partial charge on any atom is 0.465 e. The number of halogens is 10. The van der Waals surface area contributed by atoms with Crippen molar-refractivity contribution in [3.05, 3.63) is 77.9 Å². The molecule has 4 aromatic rings. The van der Waals surface area contributed by atoms with E-state index in [1.165, 1.54) is 18.6 Å². The minimum absolute atomic E-state index is 0.0365. The minimum Gasteiger partial charge on any atom is -0.492 e. The third-order valence-corrected chi connectivity index (χ3v) is 9.09. The lowest BCUT2D eigenvalue weighted by molar-refractivity contribution is -0.276. The predicted molar refractivity (Wildman–Crippen MR) is 166 cm³/mol. The van der Waals surface area contributed by atoms with Crippen LogP contribution in [0.15, 0.2) is 66.7 Å². The molecule has 18 heteroatoms. The molecule has 0 amide bonds. The van der Waals surface area contributed by atoms with Gasteiger partial charge in [-0.15, -0.1) is 11.3 Å². The number of alkyl halides is 10. The summed E-state index contributed by atoms with van der Waals surface area (Å²) in [7, 11) is 0. The second-order valence-electron chi connectivity index (χ2n) is 11.5. The number of rotatable bonds is 11. The average Bonchev–Trinajstić information content (AvgIpc) is 3.46. The van der Waals surface area contributed by atoms with E-state index in [1.807, 2.05) is 0 Å². The molecule has 3 aromatic carbocycles. The molecule has 7 nitrogen and oxygen atoms in total. The van der Waals surface area contributed by atoms with Crippen LogP contribution >= 0.6 is 11.3 Å². The Morgan fingerprint density at radius 3 is 1.73 bits per heavy atom. The highest BCUT2D eigenvalue weighted by Gasteiger charge is 2.66. The Bertz CT molecular complexity index is 1930. The van der Waals surface area contributed by atoms with Gasteiger partial charge in [-0.2, -0.15) is 43.9 Å². The number of ketones is 1. The van der Waals surface area contributed by atoms with E-state index in [-0.39, 0.29) is 31.7 Å². The summed E-state index contributed by atoms with van der Waals surface area (Å²) in [6, 6.07) is 13.0. The molecule has 0 bridgehead atoms. The number of carbonyl (C=O) groups is 3. The topological polar surface area (TPSA) is 82.1 Å². The quantitative estimate of drug-likeness (QED) is 0.0654. The largest absolute Gasteiger partial charge is 0.492 e. The van der Waals surface area contributed by atoms with Gasteiger partial charge < -0.3 is 14.2 Å². The SMILES string of the molecule is O=C(c1ccc(OCCN2CCCCC2)cc1)c1c(-c2ccc(OC(=O)C(F)(F)C(F)(F)F)cc2)sc2cc(OC(=O)C(F)(F)C(F)(F)F)ccc12. The molecule has 0 radical (unpaired) electrons. The fourth-order valence-corrected chi connectivity index (χ4v) is 6.37. The van der Waals surface area contributed by atoms with Crippen molar-refractivity contribution in [2.24, 2.45) is 0 Å². The number of esters is 2. The first-order chi connectivity index (χ1) is 24.3. The summed E-state index contributed by atoms with van der Waals surface area (Å²) in [6.07, 6.45) is -9.06. The number of benzene rings is 3. The molecule has 1 fully saturated rings. The van der Waals surface area contributed by atoms with Crippen molar-refractivity contribution in [1.82, 2.24) is 4.90 Å². The van der Waals surface area contributed by atoms with Crippen LogP contribution in [0, 0.1) is 0 Å². The Balaban J connectivity index is 1.45. The summed E-state index contributed by atoms with van der Waals surface area (Å²) in [5.41, 5.74) is 0.224. The molecule has 5 rings (SSSR count). The van der Waals surface area contributed by atoms with Gasteiger partial charge in [0.1, 0.15) is 23.9 Å². The number of carbonyl (C=O) groups excluding carboxylic acids is 3. The van der Waals surface area contributed by atoms with Gasteiger partial charge in [-0.05, 0) is 98.2 Å². The van der Waals surface area contributed by atoms with Crippen LogP contribution in [0.3, 0.4) is 0 Å². The molecule has 1 aromatic heterocycles. The molecule has 1 aliphatic heterocycles. The number of fused-ring (bicyclic) bond motifs is 1. The molecule has 1 saturated heterocycles. The Morgan fingerprint density at radius 2 is 1.17 bits per heavy atom. The van der Waals surface area contributed by atoms with E-state index >= 15 is 0 Å². The first-order valence-electron chi connectivity index (χ1n) is 15.3. The van der Waals surface area contributed by atoms with Crippen LogP contribution in [0.4, 0.5) is 43.9 Å². The van der Waals surface area contributed by atoms with E-state index in [9.17, 15) is 58.3 Å². The molecule has 52 heavy (non-hydrogen) atoms. The van der Waals surface area contributed by atoms with E-state index in [2.05, 4.69) is 14.4 Å². The molecule has 2 heterocycles. The summed E-state index contributed by atoms with van der Waals surface area (Å²) >= 11 is 0.782. The van der Waals surface area contributed by atoms with Gasteiger partial charge in [0, 0.05) is 32.6 Å². The fourth-order valence-electron chi connectivity index (χ4n) is 5.14. The molecular formula is C34H25F10NO6S. The number of hydrogen-bond donors (Lipinski definition) is 0. The highest BCUT2D eigenvalue weighted by Crippen LogP contribution is 2.43. The lowest BCUT2D eigenvalue weighted by atomic mass is 9.97. The van der Waals surface area contributed by atoms with Gasteiger partial charge in [0.05, 0.1) is 0 Å². The molecule has 1 aliphatic rings. The number of hydrogen-bond acceptors (Lipinski definition) is 8. The third-order valence-electron chi connectivity index (χ3n) is 7.89. The fraction of sp³-hybridized carbons (Fsp3) is 0.324. The first-order valence-corrected chi connectivity index (χ1v) is 16.1. The van der Waals surface area contributed by atoms with Gasteiger partial charge in [0.2, 0.25) is 0 Å². The molecule has 0 atom stereocenters. The molecule has 0 aliphatic carbocycles. The number of ether oxygens (including phenoxy) is 3. The molecule has 278 valence electrons. The Labute approximate surface area is 291 Å². The Hall–Kier alpha value is -4.71. The van der Waals surface area contributed by atoms with Crippen molar-refractivity contribution in [2.75, 3.05) is 26.2 Å². The second-order valence-corrected chi connectivity index (χ2v) is 12.6. The summed E-state index contributed by atoms with van der Waals surface area (Å²) < 4.78 is 144. The van der Waals surface area contributed by atoms with Crippen molar-refractivity contribution in [3.8, 4) is 27.7 Å². The molecular weight excluding hydrogens is 740 g/mol. The van der Waals surface area contributed by atoms with Crippen molar-refractivity contribution in [2.45, 2.75) is 43.5 Å². The predicted octanol–water partition coefficient (Wildman–Crippen LogP) is 8.87. The zero-order valence-electron chi connectivity index (χ0n) is 26.4. The maximum absolute atomic E-state index is 14.0. The maximum atomic E-state index is 14.0. The van der Waals surface area contributed by atoms with E-state index in [1.54, 1.807) is 12.1 Å². The lowest BCUT2D eigenvalue weighted by Gasteiger charge is -2.26. The zero-order valence-corrected chi connectivity index (χ0v) is 27.2. The third kappa shape index (κ3) is 8.17. The van der Waals surface area contributed by atoms with Crippen molar-refractivity contribution in [1.29, 1.82) is 0 Å². The minimum atomic E-state index is -6.24. The first kappa shape index (κ1) is 38.5. The normalized spacial score (nSPS) is 14.7. The number of nitrogens with zero attached hydrogens (tertiary/aromatic N) is 1. The van der Waals surface area contributed by atoms with Crippen LogP contribution in [-0.2, 0) is 9.59 Å². The van der Waals surface area contributed by atoms with E-state index in [4.69, 9.17) is 4.74 Å². The van der Waals surface area contributed by atoms with Gasteiger partial charge in [-0.25, -0.2) is 9.59 Å². The second kappa shape index (κ2) is 14.7. The number of thiophene rings is 1. The standard InChI is InChI=1S/C34H25F10NO6S/c35-31(36,33(39,40)41)29(47)50-22-10-6-20(7-11-22)28-26(24-13-12-23(18-25(24)52-28)51-30(48)32(37,38)34(42,43)44)27(46)19-4-8-21(9-5-19)49-17-16-45-14-2-1-3-15-45/h4-13,18H,1-3,14-17H2. The summed E-state index contributed by atoms with van der Waals surface area (Å²) in [5.74, 6) is -19.0. The summed E-state index contributed by atoms with van der Waals surface area (Å²) in [6.45, 7) is 3.05. The monoisotopic (exact) mass is 765 g/mol.